The van der Waals surface area contributed by atoms with E-state index >= 15 is 0 Å². The van der Waals surface area contributed by atoms with Gasteiger partial charge in [0.1, 0.15) is 11.5 Å². The van der Waals surface area contributed by atoms with Crippen LogP contribution in [0.3, 0.4) is 0 Å². The summed E-state index contributed by atoms with van der Waals surface area (Å²) in [5, 5.41) is 3.71. The van der Waals surface area contributed by atoms with Gasteiger partial charge in [-0.15, -0.1) is 0 Å². The smallest absolute Gasteiger partial charge is 0.127 e. The van der Waals surface area contributed by atoms with Crippen molar-refractivity contribution < 1.29 is 13.7 Å². The van der Waals surface area contributed by atoms with Crippen molar-refractivity contribution in [3.63, 3.8) is 0 Å². The highest BCUT2D eigenvalue weighted by Gasteiger charge is 2.24. The van der Waals surface area contributed by atoms with Crippen LogP contribution in [0.5, 0.6) is 11.5 Å². The quantitative estimate of drug-likeness (QED) is 0.920. The molecular weight excluding hydrogens is 262 g/mol. The highest BCUT2D eigenvalue weighted by molar-refractivity contribution is 7.85. The van der Waals surface area contributed by atoms with Crippen LogP contribution in [0.15, 0.2) is 18.2 Å². The Bertz CT molecular complexity index is 464. The molecule has 1 fully saturated rings. The lowest BCUT2D eigenvalue weighted by Crippen LogP contribution is -2.24. The van der Waals surface area contributed by atoms with Crippen molar-refractivity contribution in [3.8, 4) is 11.5 Å². The predicted molar refractivity (Wildman–Crippen MR) is 77.4 cm³/mol. The normalized spacial score (nSPS) is 27.6. The van der Waals surface area contributed by atoms with Crippen LogP contribution < -0.4 is 14.8 Å². The van der Waals surface area contributed by atoms with E-state index < -0.39 is 10.8 Å². The molecule has 0 radical (unpaired) electrons. The Labute approximate surface area is 116 Å². The second kappa shape index (κ2) is 6.39. The number of hydrogen-bond donors (Lipinski definition) is 1. The van der Waals surface area contributed by atoms with Gasteiger partial charge in [-0.1, -0.05) is 13.0 Å². The Morgan fingerprint density at radius 1 is 1.32 bits per heavy atom. The lowest BCUT2D eigenvalue weighted by atomic mass is 10.1. The SMILES string of the molecule is COc1ccc(C2CS(=O)C(C)CCN2)c(OC)c1. The van der Waals surface area contributed by atoms with Gasteiger partial charge in [-0.05, 0) is 19.0 Å². The summed E-state index contributed by atoms with van der Waals surface area (Å²) in [6.45, 7) is 2.93. The summed E-state index contributed by atoms with van der Waals surface area (Å²) < 4.78 is 22.8. The Kier molecular flexibility index (Phi) is 4.82. The minimum Gasteiger partial charge on any atom is -0.497 e. The summed E-state index contributed by atoms with van der Waals surface area (Å²) in [6, 6.07) is 5.85. The highest BCUT2D eigenvalue weighted by Crippen LogP contribution is 2.31. The van der Waals surface area contributed by atoms with Crippen molar-refractivity contribution >= 4 is 10.8 Å². The maximum atomic E-state index is 12.1. The van der Waals surface area contributed by atoms with E-state index in [-0.39, 0.29) is 11.3 Å². The Morgan fingerprint density at radius 2 is 2.11 bits per heavy atom. The van der Waals surface area contributed by atoms with Crippen molar-refractivity contribution in [2.45, 2.75) is 24.6 Å². The number of rotatable bonds is 3. The third kappa shape index (κ3) is 3.28. The van der Waals surface area contributed by atoms with E-state index in [4.69, 9.17) is 9.47 Å². The van der Waals surface area contributed by atoms with Crippen LogP contribution in [0.4, 0.5) is 0 Å². The second-order valence-electron chi connectivity index (χ2n) is 4.76. The molecule has 1 aromatic rings. The zero-order valence-electron chi connectivity index (χ0n) is 11.6. The highest BCUT2D eigenvalue weighted by atomic mass is 32.2. The van der Waals surface area contributed by atoms with Gasteiger partial charge in [-0.3, -0.25) is 4.21 Å². The van der Waals surface area contributed by atoms with Gasteiger partial charge in [-0.25, -0.2) is 0 Å². The van der Waals surface area contributed by atoms with Crippen LogP contribution in [0.1, 0.15) is 24.9 Å². The van der Waals surface area contributed by atoms with Gasteiger partial charge < -0.3 is 14.8 Å². The zero-order valence-corrected chi connectivity index (χ0v) is 12.5. The predicted octanol–water partition coefficient (Wildman–Crippen LogP) is 1.88. The van der Waals surface area contributed by atoms with E-state index in [0.29, 0.717) is 5.75 Å². The van der Waals surface area contributed by atoms with Crippen molar-refractivity contribution in [1.82, 2.24) is 5.32 Å². The monoisotopic (exact) mass is 283 g/mol. The van der Waals surface area contributed by atoms with Crippen molar-refractivity contribution in [2.24, 2.45) is 0 Å². The molecule has 0 amide bonds. The summed E-state index contributed by atoms with van der Waals surface area (Å²) in [5.41, 5.74) is 1.05. The van der Waals surface area contributed by atoms with E-state index in [9.17, 15) is 4.21 Å². The molecule has 1 heterocycles. The van der Waals surface area contributed by atoms with Crippen LogP contribution in [-0.2, 0) is 10.8 Å². The number of ether oxygens (including phenoxy) is 2. The second-order valence-corrected chi connectivity index (χ2v) is 6.66. The molecule has 1 aromatic carbocycles. The molecule has 4 nitrogen and oxygen atoms in total. The first-order valence-electron chi connectivity index (χ1n) is 6.48. The van der Waals surface area contributed by atoms with E-state index in [1.54, 1.807) is 14.2 Å². The van der Waals surface area contributed by atoms with Crippen molar-refractivity contribution in [2.75, 3.05) is 26.5 Å². The van der Waals surface area contributed by atoms with Gasteiger partial charge >= 0.3 is 0 Å². The summed E-state index contributed by atoms with van der Waals surface area (Å²) >= 11 is 0. The van der Waals surface area contributed by atoms with E-state index in [1.165, 1.54) is 0 Å². The van der Waals surface area contributed by atoms with Gasteiger partial charge in [0.2, 0.25) is 0 Å². The minimum absolute atomic E-state index is 0.0756. The third-order valence-corrected chi connectivity index (χ3v) is 5.33. The molecule has 1 saturated heterocycles. The molecule has 3 atom stereocenters. The van der Waals surface area contributed by atoms with Gasteiger partial charge in [0, 0.05) is 39.5 Å². The first-order chi connectivity index (χ1) is 9.15. The molecule has 0 saturated carbocycles. The minimum atomic E-state index is -0.800. The van der Waals surface area contributed by atoms with Crippen molar-refractivity contribution in [3.05, 3.63) is 23.8 Å². The van der Waals surface area contributed by atoms with E-state index in [2.05, 4.69) is 5.32 Å². The topological polar surface area (TPSA) is 47.6 Å². The lowest BCUT2D eigenvalue weighted by molar-refractivity contribution is 0.386. The molecule has 0 aliphatic carbocycles. The molecule has 0 aromatic heterocycles. The maximum Gasteiger partial charge on any atom is 0.127 e. The molecule has 19 heavy (non-hydrogen) atoms. The average Bonchev–Trinajstić information content (AvgIpc) is 2.60. The lowest BCUT2D eigenvalue weighted by Gasteiger charge is -2.19. The molecule has 2 rings (SSSR count). The molecular formula is C14H21NO3S. The summed E-state index contributed by atoms with van der Waals surface area (Å²) in [4.78, 5) is 0. The standard InChI is InChI=1S/C14H21NO3S/c1-10-6-7-15-13(9-19(10)16)12-5-4-11(17-2)8-14(12)18-3/h4-5,8,10,13,15H,6-7,9H2,1-3H3. The molecule has 0 bridgehead atoms. The molecule has 5 heteroatoms. The average molecular weight is 283 g/mol. The van der Waals surface area contributed by atoms with Gasteiger partial charge in [0.15, 0.2) is 0 Å². The van der Waals surface area contributed by atoms with Crippen LogP contribution in [0.2, 0.25) is 0 Å². The number of benzene rings is 1. The molecule has 1 aliphatic rings. The first-order valence-corrected chi connectivity index (χ1v) is 7.86. The molecule has 1 N–H and O–H groups in total. The Morgan fingerprint density at radius 3 is 2.79 bits per heavy atom. The third-order valence-electron chi connectivity index (χ3n) is 3.54. The fraction of sp³-hybridized carbons (Fsp3) is 0.571. The van der Waals surface area contributed by atoms with E-state index in [1.807, 2.05) is 25.1 Å². The van der Waals surface area contributed by atoms with Crippen molar-refractivity contribution in [1.29, 1.82) is 0 Å². The molecule has 1 aliphatic heterocycles. The largest absolute Gasteiger partial charge is 0.497 e. The maximum absolute atomic E-state index is 12.1. The van der Waals surface area contributed by atoms with Crippen LogP contribution in [0, 0.1) is 0 Å². The summed E-state index contributed by atoms with van der Waals surface area (Å²) in [5.74, 6) is 2.18. The Hall–Kier alpha value is -1.07. The van der Waals surface area contributed by atoms with E-state index in [0.717, 1.165) is 30.0 Å². The molecule has 0 spiro atoms. The fourth-order valence-corrected chi connectivity index (χ4v) is 3.62. The Balaban J connectivity index is 2.27. The summed E-state index contributed by atoms with van der Waals surface area (Å²) in [6.07, 6.45) is 0.946. The number of nitrogens with one attached hydrogen (secondary N) is 1. The fourth-order valence-electron chi connectivity index (χ4n) is 2.29. The van der Waals surface area contributed by atoms with Gasteiger partial charge in [-0.2, -0.15) is 0 Å². The summed E-state index contributed by atoms with van der Waals surface area (Å²) in [7, 11) is 2.48. The molecule has 3 unspecified atom stereocenters. The number of methoxy groups -OCH3 is 2. The van der Waals surface area contributed by atoms with Gasteiger partial charge in [0.25, 0.3) is 0 Å². The van der Waals surface area contributed by atoms with Crippen LogP contribution >= 0.6 is 0 Å². The number of hydrogen-bond acceptors (Lipinski definition) is 4. The van der Waals surface area contributed by atoms with Crippen LogP contribution in [0.25, 0.3) is 0 Å². The first kappa shape index (κ1) is 14.3. The molecule has 106 valence electrons. The zero-order chi connectivity index (χ0) is 13.8. The van der Waals surface area contributed by atoms with Gasteiger partial charge in [0.05, 0.1) is 14.2 Å². The van der Waals surface area contributed by atoms with Crippen LogP contribution in [-0.4, -0.2) is 36.0 Å².